The van der Waals surface area contributed by atoms with Crippen LogP contribution in [-0.4, -0.2) is 57.5 Å². The van der Waals surface area contributed by atoms with Crippen LogP contribution in [0, 0.1) is 6.92 Å². The van der Waals surface area contributed by atoms with Crippen LogP contribution in [0.5, 0.6) is 0 Å². The number of aryl methyl sites for hydroxylation is 1. The molecule has 1 aliphatic heterocycles. The van der Waals surface area contributed by atoms with E-state index in [0.717, 1.165) is 35.3 Å². The molecule has 0 spiro atoms. The van der Waals surface area contributed by atoms with Crippen LogP contribution in [0.25, 0.3) is 0 Å². The molecular formula is C25H24ClF3N10O2S. The Hall–Kier alpha value is -4.28. The quantitative estimate of drug-likeness (QED) is 0.163. The molecule has 0 saturated carbocycles. The van der Waals surface area contributed by atoms with Gasteiger partial charge in [0.05, 0.1) is 41.4 Å². The first-order valence-electron chi connectivity index (χ1n) is 12.5. The highest BCUT2D eigenvalue weighted by molar-refractivity contribution is 7.82. The Labute approximate surface area is 248 Å². The molecule has 1 aliphatic rings. The monoisotopic (exact) mass is 620 g/mol. The van der Waals surface area contributed by atoms with Gasteiger partial charge in [0.15, 0.2) is 5.82 Å². The summed E-state index contributed by atoms with van der Waals surface area (Å²) in [6, 6.07) is 8.98. The van der Waals surface area contributed by atoms with Crippen molar-refractivity contribution in [2.75, 3.05) is 51.5 Å². The molecule has 0 unspecified atom stereocenters. The third kappa shape index (κ3) is 7.13. The number of carbonyl (C=O) groups excluding carboxylic acids is 1. The van der Waals surface area contributed by atoms with E-state index in [-0.39, 0.29) is 11.5 Å². The number of aromatic nitrogens is 5. The van der Waals surface area contributed by atoms with Gasteiger partial charge in [0.1, 0.15) is 17.5 Å². The van der Waals surface area contributed by atoms with Gasteiger partial charge in [0.2, 0.25) is 5.95 Å². The molecule has 17 heteroatoms. The van der Waals surface area contributed by atoms with Gasteiger partial charge in [-0.1, -0.05) is 24.4 Å². The summed E-state index contributed by atoms with van der Waals surface area (Å²) in [5.41, 5.74) is 0.0147. The van der Waals surface area contributed by atoms with Gasteiger partial charge in [0, 0.05) is 30.9 Å². The molecule has 4 heterocycles. The lowest BCUT2D eigenvalue weighted by atomic mass is 10.2. The number of rotatable bonds is 7. The minimum atomic E-state index is -4.69. The Morgan fingerprint density at radius 2 is 1.88 bits per heavy atom. The number of urea groups is 1. The number of carbonyl (C=O) groups is 1. The molecule has 1 saturated heterocycles. The zero-order chi connectivity index (χ0) is 29.9. The van der Waals surface area contributed by atoms with Crippen molar-refractivity contribution in [2.45, 2.75) is 13.1 Å². The highest BCUT2D eigenvalue weighted by Gasteiger charge is 2.34. The fourth-order valence-electron chi connectivity index (χ4n) is 3.97. The molecule has 4 N–H and O–H groups in total. The second-order valence-corrected chi connectivity index (χ2v) is 9.85. The van der Waals surface area contributed by atoms with E-state index < -0.39 is 22.8 Å². The Balaban J connectivity index is 1.21. The largest absolute Gasteiger partial charge is 0.417 e. The van der Waals surface area contributed by atoms with Crippen LogP contribution in [0.4, 0.5) is 58.6 Å². The van der Waals surface area contributed by atoms with Gasteiger partial charge in [-0.25, -0.2) is 19.1 Å². The lowest BCUT2D eigenvalue weighted by Gasteiger charge is -2.26. The number of hydrogen-bond donors (Lipinski definition) is 5. The number of aromatic amines is 1. The molecule has 2 amide bonds. The van der Waals surface area contributed by atoms with Crippen molar-refractivity contribution in [3.05, 3.63) is 64.9 Å². The first-order valence-corrected chi connectivity index (χ1v) is 13.2. The third-order valence-corrected chi connectivity index (χ3v) is 6.71. The summed E-state index contributed by atoms with van der Waals surface area (Å²) >= 11 is 9.67. The second-order valence-electron chi connectivity index (χ2n) is 9.04. The number of ether oxygens (including phenoxy) is 1. The molecule has 0 atom stereocenters. The standard InChI is InChI=1S/C25H24ClF3N10O2S/c1-14-10-20(33-21-12-22(37-36-21)38-6-8-41-9-7-38)34-23(31-14)32-15-2-5-19(30-13-15)35-24(40)39(42)16-3-4-18(26)17(11-16)25(27,28)29/h2-5,10-13,42H,6-9H2,1H3,(H,30,35,40)(H3,31,32,33,34,36,37). The van der Waals surface area contributed by atoms with Crippen molar-refractivity contribution >= 4 is 71.0 Å². The van der Waals surface area contributed by atoms with Gasteiger partial charge in [0.25, 0.3) is 0 Å². The van der Waals surface area contributed by atoms with E-state index in [2.05, 4.69) is 58.8 Å². The Bertz CT molecular complexity index is 1570. The zero-order valence-corrected chi connectivity index (χ0v) is 23.6. The molecule has 0 bridgehead atoms. The predicted molar refractivity (Wildman–Crippen MR) is 156 cm³/mol. The molecule has 1 aromatic carbocycles. The summed E-state index contributed by atoms with van der Waals surface area (Å²) in [7, 11) is 0. The lowest BCUT2D eigenvalue weighted by molar-refractivity contribution is -0.137. The maximum absolute atomic E-state index is 13.2. The van der Waals surface area contributed by atoms with Gasteiger partial charge in [-0.05, 0) is 37.3 Å². The number of morpholine rings is 1. The molecular weight excluding hydrogens is 597 g/mol. The number of halogens is 4. The minimum Gasteiger partial charge on any atom is -0.378 e. The average Bonchev–Trinajstić information content (AvgIpc) is 3.42. The van der Waals surface area contributed by atoms with Crippen molar-refractivity contribution in [1.82, 2.24) is 25.1 Å². The molecule has 0 radical (unpaired) electrons. The number of thiol groups is 1. The van der Waals surface area contributed by atoms with E-state index in [1.54, 1.807) is 12.1 Å². The summed E-state index contributed by atoms with van der Waals surface area (Å²) < 4.78 is 45.6. The highest BCUT2D eigenvalue weighted by atomic mass is 35.5. The molecule has 220 valence electrons. The van der Waals surface area contributed by atoms with E-state index in [1.165, 1.54) is 18.3 Å². The van der Waals surface area contributed by atoms with Crippen molar-refractivity contribution in [3.63, 3.8) is 0 Å². The number of pyridine rings is 1. The number of hydrogen-bond acceptors (Lipinski definition) is 10. The molecule has 12 nitrogen and oxygen atoms in total. The Morgan fingerprint density at radius 1 is 1.10 bits per heavy atom. The van der Waals surface area contributed by atoms with Crippen LogP contribution in [0.2, 0.25) is 5.02 Å². The van der Waals surface area contributed by atoms with Crippen LogP contribution in [-0.2, 0) is 10.9 Å². The summed E-state index contributed by atoms with van der Waals surface area (Å²) in [6.07, 6.45) is -3.25. The summed E-state index contributed by atoms with van der Waals surface area (Å²) in [5, 5.41) is 15.5. The molecule has 0 aliphatic carbocycles. The molecule has 3 aromatic heterocycles. The summed E-state index contributed by atoms with van der Waals surface area (Å²) in [4.78, 5) is 27.7. The number of nitrogens with zero attached hydrogens (tertiary/aromatic N) is 6. The van der Waals surface area contributed by atoms with Gasteiger partial charge in [-0.15, -0.1) is 0 Å². The SMILES string of the molecule is Cc1cc(Nc2cc(N3CCOCC3)n[nH]2)nc(Nc2ccc(NC(=O)N(S)c3ccc(Cl)c(C(F)(F)F)c3)nc2)n1. The highest BCUT2D eigenvalue weighted by Crippen LogP contribution is 2.37. The fourth-order valence-corrected chi connectivity index (χ4v) is 4.37. The topological polar surface area (TPSA) is 136 Å². The number of amides is 2. The van der Waals surface area contributed by atoms with Crippen molar-refractivity contribution in [1.29, 1.82) is 0 Å². The average molecular weight is 621 g/mol. The fraction of sp³-hybridized carbons (Fsp3) is 0.240. The van der Waals surface area contributed by atoms with Crippen LogP contribution < -0.4 is 25.2 Å². The van der Waals surface area contributed by atoms with Crippen LogP contribution in [0.15, 0.2) is 48.7 Å². The second kappa shape index (κ2) is 12.3. The first-order chi connectivity index (χ1) is 20.0. The normalized spacial score (nSPS) is 13.5. The van der Waals surface area contributed by atoms with Gasteiger partial charge >= 0.3 is 12.2 Å². The maximum Gasteiger partial charge on any atom is 0.417 e. The Morgan fingerprint density at radius 3 is 2.60 bits per heavy atom. The number of anilines is 7. The van der Waals surface area contributed by atoms with E-state index in [4.69, 9.17) is 16.3 Å². The summed E-state index contributed by atoms with van der Waals surface area (Å²) in [6.45, 7) is 4.66. The maximum atomic E-state index is 13.2. The third-order valence-electron chi connectivity index (χ3n) is 5.96. The van der Waals surface area contributed by atoms with E-state index in [9.17, 15) is 18.0 Å². The van der Waals surface area contributed by atoms with E-state index >= 15 is 0 Å². The van der Waals surface area contributed by atoms with Crippen molar-refractivity contribution in [2.24, 2.45) is 0 Å². The van der Waals surface area contributed by atoms with Crippen LogP contribution in [0.3, 0.4) is 0 Å². The first kappa shape index (κ1) is 29.2. The number of alkyl halides is 3. The Kier molecular flexibility index (Phi) is 8.56. The van der Waals surface area contributed by atoms with Crippen molar-refractivity contribution < 1.29 is 22.7 Å². The number of nitrogens with one attached hydrogen (secondary N) is 4. The molecule has 42 heavy (non-hydrogen) atoms. The lowest BCUT2D eigenvalue weighted by Crippen LogP contribution is -2.36. The molecule has 4 aromatic rings. The van der Waals surface area contributed by atoms with Crippen molar-refractivity contribution in [3.8, 4) is 0 Å². The van der Waals surface area contributed by atoms with Gasteiger partial charge in [-0.3, -0.25) is 10.4 Å². The zero-order valence-electron chi connectivity index (χ0n) is 21.9. The van der Waals surface area contributed by atoms with Crippen LogP contribution >= 0.6 is 24.4 Å². The minimum absolute atomic E-state index is 0.126. The number of H-pyrrole nitrogens is 1. The predicted octanol–water partition coefficient (Wildman–Crippen LogP) is 5.78. The van der Waals surface area contributed by atoms with Gasteiger partial charge < -0.3 is 20.3 Å². The molecule has 1 fully saturated rings. The smallest absolute Gasteiger partial charge is 0.378 e. The van der Waals surface area contributed by atoms with Crippen LogP contribution in [0.1, 0.15) is 11.3 Å². The van der Waals surface area contributed by atoms with E-state index in [0.29, 0.717) is 42.2 Å². The molecule has 5 rings (SSSR count). The van der Waals surface area contributed by atoms with E-state index in [1.807, 2.05) is 13.0 Å². The summed E-state index contributed by atoms with van der Waals surface area (Å²) in [5.74, 6) is 2.44. The number of benzene rings is 1. The van der Waals surface area contributed by atoms with Gasteiger partial charge in [-0.2, -0.15) is 23.3 Å².